The number of nitrogens with one attached hydrogen (secondary N) is 1. The molecule has 0 spiro atoms. The summed E-state index contributed by atoms with van der Waals surface area (Å²) in [6.07, 6.45) is 3.30. The molecule has 0 amide bonds. The molecule has 0 saturated heterocycles. The zero-order valence-electron chi connectivity index (χ0n) is 5.32. The second-order valence-electron chi connectivity index (χ2n) is 1.71. The van der Waals surface area contributed by atoms with Crippen molar-refractivity contribution in [3.8, 4) is 0 Å². The summed E-state index contributed by atoms with van der Waals surface area (Å²) in [4.78, 5) is 13.5. The van der Waals surface area contributed by atoms with E-state index in [0.717, 1.165) is 5.69 Å². The zero-order chi connectivity index (χ0) is 7.23. The molecule has 0 aromatic carbocycles. The maximum atomic E-state index is 9.65. The fourth-order valence-electron chi connectivity index (χ4n) is 0.591. The van der Waals surface area contributed by atoms with E-state index in [2.05, 4.69) is 15.5 Å². The normalized spacial score (nSPS) is 8.80. The van der Waals surface area contributed by atoms with Crippen LogP contribution >= 0.6 is 0 Å². The number of nitroso groups, excluding NO2 is 1. The van der Waals surface area contributed by atoms with Crippen LogP contribution in [0.4, 0.5) is 5.69 Å². The van der Waals surface area contributed by atoms with Crippen LogP contribution in [0.5, 0.6) is 0 Å². The summed E-state index contributed by atoms with van der Waals surface area (Å²) in [5, 5.41) is 5.39. The van der Waals surface area contributed by atoms with Gasteiger partial charge in [-0.05, 0) is 17.3 Å². The fourth-order valence-corrected chi connectivity index (χ4v) is 0.591. The Morgan fingerprint density at radius 2 is 2.60 bits per heavy atom. The second-order valence-corrected chi connectivity index (χ2v) is 1.71. The van der Waals surface area contributed by atoms with Gasteiger partial charge in [0.25, 0.3) is 0 Å². The van der Waals surface area contributed by atoms with Gasteiger partial charge in [0, 0.05) is 12.4 Å². The first-order valence-corrected chi connectivity index (χ1v) is 2.86. The maximum absolute atomic E-state index is 9.65. The highest BCUT2D eigenvalue weighted by Crippen LogP contribution is 2.00. The van der Waals surface area contributed by atoms with E-state index < -0.39 is 0 Å². The van der Waals surface area contributed by atoms with E-state index in [0.29, 0.717) is 0 Å². The van der Waals surface area contributed by atoms with Crippen molar-refractivity contribution >= 4 is 5.69 Å². The summed E-state index contributed by atoms with van der Waals surface area (Å²) in [6.45, 7) is 0.0890. The highest BCUT2D eigenvalue weighted by Gasteiger charge is 1.85. The van der Waals surface area contributed by atoms with Gasteiger partial charge in [0.2, 0.25) is 0 Å². The summed E-state index contributed by atoms with van der Waals surface area (Å²) >= 11 is 0. The molecule has 0 aliphatic heterocycles. The lowest BCUT2D eigenvalue weighted by Gasteiger charge is -1.97. The summed E-state index contributed by atoms with van der Waals surface area (Å²) in [7, 11) is 0. The Morgan fingerprint density at radius 3 is 3.20 bits per heavy atom. The maximum Gasteiger partial charge on any atom is 0.150 e. The Hall–Kier alpha value is -1.45. The molecule has 1 aromatic rings. The lowest BCUT2D eigenvalue weighted by molar-refractivity contribution is 1.12. The van der Waals surface area contributed by atoms with Crippen LogP contribution in [0.15, 0.2) is 29.7 Å². The van der Waals surface area contributed by atoms with Gasteiger partial charge in [-0.2, -0.15) is 0 Å². The van der Waals surface area contributed by atoms with Crippen LogP contribution in [-0.2, 0) is 0 Å². The first-order valence-electron chi connectivity index (χ1n) is 2.86. The van der Waals surface area contributed by atoms with E-state index in [1.807, 2.05) is 6.07 Å². The van der Waals surface area contributed by atoms with Gasteiger partial charge < -0.3 is 5.32 Å². The van der Waals surface area contributed by atoms with Crippen molar-refractivity contribution in [2.24, 2.45) is 5.18 Å². The molecule has 52 valence electrons. The van der Waals surface area contributed by atoms with Gasteiger partial charge in [0.1, 0.15) is 6.67 Å². The summed E-state index contributed by atoms with van der Waals surface area (Å²) in [5.74, 6) is 0. The van der Waals surface area contributed by atoms with E-state index in [1.54, 1.807) is 18.5 Å². The van der Waals surface area contributed by atoms with Crippen molar-refractivity contribution in [2.45, 2.75) is 0 Å². The van der Waals surface area contributed by atoms with Crippen LogP contribution in [-0.4, -0.2) is 11.7 Å². The standard InChI is InChI=1S/C6H7N3O/c10-9-5-8-6-2-1-3-7-4-6/h1-4,8H,5H2. The fraction of sp³-hybridized carbons (Fsp3) is 0.167. The summed E-state index contributed by atoms with van der Waals surface area (Å²) in [5.41, 5.74) is 0.808. The number of pyridine rings is 1. The molecule has 1 aromatic heterocycles. The van der Waals surface area contributed by atoms with Crippen LogP contribution in [0.3, 0.4) is 0 Å². The van der Waals surface area contributed by atoms with Crippen LogP contribution in [0.25, 0.3) is 0 Å². The average molecular weight is 137 g/mol. The van der Waals surface area contributed by atoms with Crippen molar-refractivity contribution in [1.82, 2.24) is 4.98 Å². The Morgan fingerprint density at radius 1 is 1.70 bits per heavy atom. The number of hydrogen-bond acceptors (Lipinski definition) is 4. The Balaban J connectivity index is 2.50. The van der Waals surface area contributed by atoms with Crippen molar-refractivity contribution in [3.63, 3.8) is 0 Å². The lowest BCUT2D eigenvalue weighted by Crippen LogP contribution is -1.96. The predicted molar refractivity (Wildman–Crippen MR) is 38.5 cm³/mol. The minimum Gasteiger partial charge on any atom is -0.362 e. The number of nitrogens with zero attached hydrogens (tertiary/aromatic N) is 2. The van der Waals surface area contributed by atoms with Crippen molar-refractivity contribution < 1.29 is 0 Å². The molecule has 0 atom stereocenters. The monoisotopic (exact) mass is 137 g/mol. The van der Waals surface area contributed by atoms with Gasteiger partial charge in [-0.1, -0.05) is 0 Å². The molecule has 0 saturated carbocycles. The molecule has 1 N–H and O–H groups in total. The molecule has 0 aliphatic rings. The third-order valence-electron chi connectivity index (χ3n) is 1.01. The Labute approximate surface area is 58.3 Å². The van der Waals surface area contributed by atoms with Gasteiger partial charge in [-0.25, -0.2) is 0 Å². The van der Waals surface area contributed by atoms with Gasteiger partial charge in [0.05, 0.1) is 5.69 Å². The number of hydrogen-bond donors (Lipinski definition) is 1. The Kier molecular flexibility index (Phi) is 2.37. The molecule has 0 radical (unpaired) electrons. The minimum atomic E-state index is 0.0890. The summed E-state index contributed by atoms with van der Waals surface area (Å²) < 4.78 is 0. The van der Waals surface area contributed by atoms with E-state index in [-0.39, 0.29) is 6.67 Å². The molecular formula is C6H7N3O. The second kappa shape index (κ2) is 3.55. The van der Waals surface area contributed by atoms with E-state index in [9.17, 15) is 4.91 Å². The lowest BCUT2D eigenvalue weighted by atomic mass is 10.4. The number of aromatic nitrogens is 1. The van der Waals surface area contributed by atoms with Crippen molar-refractivity contribution in [3.05, 3.63) is 29.4 Å². The van der Waals surface area contributed by atoms with Gasteiger partial charge in [0.15, 0.2) is 0 Å². The SMILES string of the molecule is O=NCNc1cccnc1. The zero-order valence-corrected chi connectivity index (χ0v) is 5.32. The van der Waals surface area contributed by atoms with Crippen LogP contribution in [0.1, 0.15) is 0 Å². The van der Waals surface area contributed by atoms with Gasteiger partial charge in [-0.15, -0.1) is 4.91 Å². The van der Waals surface area contributed by atoms with E-state index in [4.69, 9.17) is 0 Å². The average Bonchev–Trinajstić information content (AvgIpc) is 2.03. The van der Waals surface area contributed by atoms with Crippen molar-refractivity contribution in [1.29, 1.82) is 0 Å². The Bertz CT molecular complexity index is 199. The van der Waals surface area contributed by atoms with E-state index >= 15 is 0 Å². The van der Waals surface area contributed by atoms with E-state index in [1.165, 1.54) is 0 Å². The number of anilines is 1. The summed E-state index contributed by atoms with van der Waals surface area (Å²) in [6, 6.07) is 3.60. The molecule has 0 unspecified atom stereocenters. The first-order chi connectivity index (χ1) is 4.93. The third-order valence-corrected chi connectivity index (χ3v) is 1.01. The quantitative estimate of drug-likeness (QED) is 0.637. The van der Waals surface area contributed by atoms with Crippen LogP contribution in [0.2, 0.25) is 0 Å². The van der Waals surface area contributed by atoms with Crippen LogP contribution < -0.4 is 5.32 Å². The molecule has 0 aliphatic carbocycles. The first kappa shape index (κ1) is 6.67. The van der Waals surface area contributed by atoms with Gasteiger partial charge >= 0.3 is 0 Å². The molecule has 4 heteroatoms. The minimum absolute atomic E-state index is 0.0890. The molecule has 0 bridgehead atoms. The highest BCUT2D eigenvalue weighted by atomic mass is 16.3. The smallest absolute Gasteiger partial charge is 0.150 e. The van der Waals surface area contributed by atoms with Crippen LogP contribution in [0, 0.1) is 4.91 Å². The van der Waals surface area contributed by atoms with Crippen molar-refractivity contribution in [2.75, 3.05) is 12.0 Å². The largest absolute Gasteiger partial charge is 0.362 e. The molecule has 10 heavy (non-hydrogen) atoms. The third kappa shape index (κ3) is 1.81. The highest BCUT2D eigenvalue weighted by molar-refractivity contribution is 5.39. The molecule has 1 heterocycles. The number of rotatable bonds is 3. The predicted octanol–water partition coefficient (Wildman–Crippen LogP) is 1.22. The molecule has 1 rings (SSSR count). The molecule has 4 nitrogen and oxygen atoms in total. The molecular weight excluding hydrogens is 130 g/mol. The topological polar surface area (TPSA) is 54.4 Å². The molecule has 0 fully saturated rings. The van der Waals surface area contributed by atoms with Gasteiger partial charge in [-0.3, -0.25) is 4.98 Å².